The summed E-state index contributed by atoms with van der Waals surface area (Å²) in [7, 11) is 0. The molecule has 0 bridgehead atoms. The molecule has 0 saturated heterocycles. The van der Waals surface area contributed by atoms with Gasteiger partial charge >= 0.3 is 0 Å². The van der Waals surface area contributed by atoms with Crippen molar-refractivity contribution in [1.82, 2.24) is 4.90 Å². The molecular formula is C8H16ClNO2. The molecule has 0 rings (SSSR count). The fourth-order valence-electron chi connectivity index (χ4n) is 0.842. The van der Waals surface area contributed by atoms with Crippen molar-refractivity contribution >= 4 is 17.5 Å². The van der Waals surface area contributed by atoms with Gasteiger partial charge in [0.15, 0.2) is 0 Å². The van der Waals surface area contributed by atoms with Crippen LogP contribution in [0.3, 0.4) is 0 Å². The lowest BCUT2D eigenvalue weighted by Crippen LogP contribution is -2.35. The van der Waals surface area contributed by atoms with Crippen molar-refractivity contribution in [3.63, 3.8) is 0 Å². The number of hydrogen-bond donors (Lipinski definition) is 0. The van der Waals surface area contributed by atoms with E-state index in [1.165, 1.54) is 0 Å². The van der Waals surface area contributed by atoms with E-state index < -0.39 is 0 Å². The number of likely N-dealkylation sites (N-methyl/N-ethyl adjacent to an activating group) is 1. The summed E-state index contributed by atoms with van der Waals surface area (Å²) in [4.78, 5) is 12.9. The van der Waals surface area contributed by atoms with E-state index in [4.69, 9.17) is 16.3 Å². The molecule has 0 aromatic heterocycles. The van der Waals surface area contributed by atoms with Gasteiger partial charge in [-0.05, 0) is 13.8 Å². The Bertz CT molecular complexity index is 130. The molecule has 0 unspecified atom stereocenters. The van der Waals surface area contributed by atoms with Crippen molar-refractivity contribution in [1.29, 1.82) is 0 Å². The van der Waals surface area contributed by atoms with Crippen LogP contribution < -0.4 is 0 Å². The Morgan fingerprint density at radius 2 is 2.17 bits per heavy atom. The topological polar surface area (TPSA) is 29.5 Å². The van der Waals surface area contributed by atoms with Crippen molar-refractivity contribution in [3.8, 4) is 0 Å². The van der Waals surface area contributed by atoms with Gasteiger partial charge in [-0.25, -0.2) is 0 Å². The van der Waals surface area contributed by atoms with Crippen LogP contribution in [-0.2, 0) is 9.53 Å². The maximum absolute atomic E-state index is 11.3. The summed E-state index contributed by atoms with van der Waals surface area (Å²) in [6, 6.07) is 0. The lowest BCUT2D eigenvalue weighted by Gasteiger charge is -2.18. The molecule has 72 valence electrons. The summed E-state index contributed by atoms with van der Waals surface area (Å²) >= 11 is 5.52. The predicted molar refractivity (Wildman–Crippen MR) is 49.5 cm³/mol. The minimum absolute atomic E-state index is 0.0139. The number of halogens is 1. The summed E-state index contributed by atoms with van der Waals surface area (Å²) in [6.45, 7) is 5.83. The Balaban J connectivity index is 3.69. The maximum Gasteiger partial charge on any atom is 0.248 e. The number of carbonyl (C=O) groups is 1. The van der Waals surface area contributed by atoms with E-state index in [-0.39, 0.29) is 12.5 Å². The highest BCUT2D eigenvalue weighted by atomic mass is 35.5. The van der Waals surface area contributed by atoms with Crippen molar-refractivity contribution in [3.05, 3.63) is 0 Å². The van der Waals surface area contributed by atoms with Crippen LogP contribution in [0.25, 0.3) is 0 Å². The normalized spacial score (nSPS) is 9.92. The molecule has 0 aromatic rings. The van der Waals surface area contributed by atoms with Gasteiger partial charge < -0.3 is 9.64 Å². The monoisotopic (exact) mass is 193 g/mol. The fourth-order valence-corrected chi connectivity index (χ4v) is 1.05. The van der Waals surface area contributed by atoms with Gasteiger partial charge in [-0.2, -0.15) is 0 Å². The third-order valence-electron chi connectivity index (χ3n) is 1.52. The lowest BCUT2D eigenvalue weighted by molar-refractivity contribution is -0.135. The van der Waals surface area contributed by atoms with Crippen molar-refractivity contribution in [2.75, 3.05) is 32.2 Å². The Hall–Kier alpha value is -0.280. The molecule has 0 heterocycles. The predicted octanol–water partition coefficient (Wildman–Crippen LogP) is 1.11. The van der Waals surface area contributed by atoms with Gasteiger partial charge in [-0.15, -0.1) is 11.6 Å². The zero-order chi connectivity index (χ0) is 9.40. The highest BCUT2D eigenvalue weighted by Crippen LogP contribution is 1.91. The summed E-state index contributed by atoms with van der Waals surface area (Å²) in [6.07, 6.45) is 0. The number of ether oxygens (including phenoxy) is 1. The van der Waals surface area contributed by atoms with Crippen LogP contribution in [0, 0.1) is 0 Å². The average molecular weight is 194 g/mol. The van der Waals surface area contributed by atoms with Gasteiger partial charge in [-0.1, -0.05) is 0 Å². The molecule has 0 spiro atoms. The molecule has 0 aliphatic heterocycles. The summed E-state index contributed by atoms with van der Waals surface area (Å²) in [5, 5.41) is 0. The van der Waals surface area contributed by atoms with E-state index in [0.29, 0.717) is 25.6 Å². The molecule has 0 aliphatic carbocycles. The zero-order valence-electron chi connectivity index (χ0n) is 7.68. The van der Waals surface area contributed by atoms with Gasteiger partial charge in [0.1, 0.15) is 6.61 Å². The number of carbonyl (C=O) groups excluding carboxylic acids is 1. The van der Waals surface area contributed by atoms with Crippen molar-refractivity contribution in [2.24, 2.45) is 0 Å². The second-order valence-electron chi connectivity index (χ2n) is 2.30. The number of nitrogens with zero attached hydrogens (tertiary/aromatic N) is 1. The molecule has 4 heteroatoms. The van der Waals surface area contributed by atoms with E-state index >= 15 is 0 Å². The Kier molecular flexibility index (Phi) is 7.20. The zero-order valence-corrected chi connectivity index (χ0v) is 8.43. The van der Waals surface area contributed by atoms with E-state index in [1.54, 1.807) is 4.90 Å². The molecule has 1 amide bonds. The van der Waals surface area contributed by atoms with Crippen LogP contribution in [0.4, 0.5) is 0 Å². The number of amides is 1. The van der Waals surface area contributed by atoms with E-state index in [1.807, 2.05) is 13.8 Å². The Morgan fingerprint density at radius 1 is 1.50 bits per heavy atom. The van der Waals surface area contributed by atoms with Crippen LogP contribution in [0.1, 0.15) is 13.8 Å². The van der Waals surface area contributed by atoms with Crippen LogP contribution >= 0.6 is 11.6 Å². The average Bonchev–Trinajstić information content (AvgIpc) is 2.10. The highest BCUT2D eigenvalue weighted by Gasteiger charge is 2.09. The number of hydrogen-bond acceptors (Lipinski definition) is 2. The smallest absolute Gasteiger partial charge is 0.248 e. The summed E-state index contributed by atoms with van der Waals surface area (Å²) in [5.41, 5.74) is 0. The third kappa shape index (κ3) is 4.57. The van der Waals surface area contributed by atoms with Gasteiger partial charge in [-0.3, -0.25) is 4.79 Å². The third-order valence-corrected chi connectivity index (χ3v) is 1.69. The van der Waals surface area contributed by atoms with Gasteiger partial charge in [0.2, 0.25) is 5.91 Å². The first-order valence-electron chi connectivity index (χ1n) is 4.17. The van der Waals surface area contributed by atoms with E-state index in [2.05, 4.69) is 0 Å². The minimum atomic E-state index is 0.0139. The molecule has 0 fully saturated rings. The molecule has 12 heavy (non-hydrogen) atoms. The molecule has 0 aromatic carbocycles. The first-order chi connectivity index (χ1) is 5.76. The molecule has 3 nitrogen and oxygen atoms in total. The van der Waals surface area contributed by atoms with E-state index in [0.717, 1.165) is 0 Å². The Morgan fingerprint density at radius 3 is 2.58 bits per heavy atom. The number of alkyl halides is 1. The van der Waals surface area contributed by atoms with Crippen molar-refractivity contribution < 1.29 is 9.53 Å². The molecule has 0 saturated carbocycles. The molecular weight excluding hydrogens is 178 g/mol. The molecule has 0 aliphatic rings. The second-order valence-corrected chi connectivity index (χ2v) is 2.68. The van der Waals surface area contributed by atoms with Gasteiger partial charge in [0, 0.05) is 25.6 Å². The highest BCUT2D eigenvalue weighted by molar-refractivity contribution is 6.18. The van der Waals surface area contributed by atoms with Gasteiger partial charge in [0.25, 0.3) is 0 Å². The van der Waals surface area contributed by atoms with Crippen molar-refractivity contribution in [2.45, 2.75) is 13.8 Å². The summed E-state index contributed by atoms with van der Waals surface area (Å²) in [5.74, 6) is 0.492. The largest absolute Gasteiger partial charge is 0.372 e. The summed E-state index contributed by atoms with van der Waals surface area (Å²) < 4.78 is 4.99. The quantitative estimate of drug-likeness (QED) is 0.592. The van der Waals surface area contributed by atoms with Crippen LogP contribution in [0.5, 0.6) is 0 Å². The van der Waals surface area contributed by atoms with Gasteiger partial charge in [0.05, 0.1) is 0 Å². The first-order valence-corrected chi connectivity index (χ1v) is 4.71. The van der Waals surface area contributed by atoms with Crippen LogP contribution in [-0.4, -0.2) is 43.0 Å². The first kappa shape index (κ1) is 11.7. The van der Waals surface area contributed by atoms with Crippen LogP contribution in [0.15, 0.2) is 0 Å². The lowest BCUT2D eigenvalue weighted by atomic mass is 10.4. The molecule has 0 atom stereocenters. The van der Waals surface area contributed by atoms with Crippen LogP contribution in [0.2, 0.25) is 0 Å². The molecule has 0 radical (unpaired) electrons. The standard InChI is InChI=1S/C8H16ClNO2/c1-3-10(6-5-9)8(11)7-12-4-2/h3-7H2,1-2H3. The number of rotatable bonds is 6. The Labute approximate surface area is 78.6 Å². The second kappa shape index (κ2) is 7.37. The van der Waals surface area contributed by atoms with E-state index in [9.17, 15) is 4.79 Å². The SMILES string of the molecule is CCOCC(=O)N(CC)CCCl. The fraction of sp³-hybridized carbons (Fsp3) is 0.875. The maximum atomic E-state index is 11.3. The minimum Gasteiger partial charge on any atom is -0.372 e. The molecule has 0 N–H and O–H groups in total.